The maximum Gasteiger partial charge on any atom is 0.199 e. The van der Waals surface area contributed by atoms with Crippen molar-refractivity contribution in [2.45, 2.75) is 0 Å². The van der Waals surface area contributed by atoms with E-state index in [1.807, 2.05) is 0 Å². The third kappa shape index (κ3) is 2.43. The van der Waals surface area contributed by atoms with E-state index >= 15 is 0 Å². The Morgan fingerprint density at radius 1 is 1.24 bits per heavy atom. The van der Waals surface area contributed by atoms with Gasteiger partial charge in [-0.15, -0.1) is 11.3 Å². The molecule has 1 aromatic carbocycles. The Morgan fingerprint density at radius 2 is 1.94 bits per heavy atom. The van der Waals surface area contributed by atoms with Crippen molar-refractivity contribution in [2.75, 3.05) is 5.73 Å². The third-order valence-electron chi connectivity index (χ3n) is 2.17. The van der Waals surface area contributed by atoms with Crippen molar-refractivity contribution in [1.29, 1.82) is 0 Å². The summed E-state index contributed by atoms with van der Waals surface area (Å²) < 4.78 is 0.781. The van der Waals surface area contributed by atoms with Crippen molar-refractivity contribution in [3.05, 3.63) is 49.1 Å². The Morgan fingerprint density at radius 3 is 2.47 bits per heavy atom. The number of hydrogen-bond donors (Lipinski definition) is 1. The molecule has 0 amide bonds. The summed E-state index contributed by atoms with van der Waals surface area (Å²) >= 11 is 18.8. The van der Waals surface area contributed by atoms with Crippen LogP contribution in [0.1, 0.15) is 15.9 Å². The van der Waals surface area contributed by atoms with Crippen molar-refractivity contribution in [3.8, 4) is 0 Å². The van der Waals surface area contributed by atoms with Gasteiger partial charge in [0.25, 0.3) is 0 Å². The second-order valence-corrected chi connectivity index (χ2v) is 5.96. The van der Waals surface area contributed by atoms with Crippen LogP contribution in [0.25, 0.3) is 0 Å². The summed E-state index contributed by atoms with van der Waals surface area (Å²) in [5.41, 5.74) is 6.63. The Hall–Kier alpha value is -0.740. The van der Waals surface area contributed by atoms with Gasteiger partial charge in [0.1, 0.15) is 4.34 Å². The molecule has 1 aromatic heterocycles. The number of benzene rings is 1. The highest BCUT2D eigenvalue weighted by Crippen LogP contribution is 2.34. The number of thiophene rings is 1. The molecule has 0 saturated heterocycles. The van der Waals surface area contributed by atoms with Crippen LogP contribution in [0.2, 0.25) is 13.7 Å². The van der Waals surface area contributed by atoms with Gasteiger partial charge in [-0.05, 0) is 18.2 Å². The first-order valence-corrected chi connectivity index (χ1v) is 6.49. The summed E-state index contributed by atoms with van der Waals surface area (Å²) in [7, 11) is 0. The van der Waals surface area contributed by atoms with E-state index in [0.29, 0.717) is 24.9 Å². The molecule has 2 aromatic rings. The van der Waals surface area contributed by atoms with Gasteiger partial charge in [-0.3, -0.25) is 4.79 Å². The first kappa shape index (κ1) is 12.7. The van der Waals surface area contributed by atoms with Gasteiger partial charge in [-0.25, -0.2) is 0 Å². The van der Waals surface area contributed by atoms with E-state index < -0.39 is 0 Å². The predicted molar refractivity (Wildman–Crippen MR) is 73.6 cm³/mol. The molecular weight excluding hydrogens is 301 g/mol. The Labute approximate surface area is 117 Å². The first-order chi connectivity index (χ1) is 8.00. The Bertz CT molecular complexity index is 574. The maximum atomic E-state index is 12.2. The second kappa shape index (κ2) is 4.86. The van der Waals surface area contributed by atoms with Crippen molar-refractivity contribution in [2.24, 2.45) is 0 Å². The number of carbonyl (C=O) groups is 1. The number of hydrogen-bond acceptors (Lipinski definition) is 3. The number of rotatable bonds is 2. The van der Waals surface area contributed by atoms with Crippen LogP contribution < -0.4 is 5.73 Å². The quantitative estimate of drug-likeness (QED) is 0.654. The summed E-state index contributed by atoms with van der Waals surface area (Å²) in [6, 6.07) is 6.41. The monoisotopic (exact) mass is 305 g/mol. The molecule has 17 heavy (non-hydrogen) atoms. The minimum Gasteiger partial charge on any atom is -0.398 e. The molecule has 0 bridgehead atoms. The van der Waals surface area contributed by atoms with E-state index in [-0.39, 0.29) is 11.3 Å². The molecule has 0 aliphatic rings. The van der Waals surface area contributed by atoms with Crippen LogP contribution >= 0.6 is 46.1 Å². The Kier molecular flexibility index (Phi) is 3.64. The fourth-order valence-corrected chi connectivity index (χ4v) is 3.14. The van der Waals surface area contributed by atoms with Crippen molar-refractivity contribution < 1.29 is 4.79 Å². The highest BCUT2D eigenvalue weighted by atomic mass is 35.5. The smallest absolute Gasteiger partial charge is 0.199 e. The van der Waals surface area contributed by atoms with Crippen LogP contribution in [0.3, 0.4) is 0 Å². The standard InChI is InChI=1S/C11H6Cl3NOS/c12-6-2-1-3-7(15)9(6)10(16)5-4-8(13)17-11(5)14/h1-4H,15H2. The molecule has 0 aliphatic heterocycles. The molecule has 2 nitrogen and oxygen atoms in total. The van der Waals surface area contributed by atoms with Gasteiger partial charge in [0, 0.05) is 5.69 Å². The SMILES string of the molecule is Nc1cccc(Cl)c1C(=O)c1cc(Cl)sc1Cl. The van der Waals surface area contributed by atoms with Crippen LogP contribution in [0.15, 0.2) is 24.3 Å². The van der Waals surface area contributed by atoms with Crippen LogP contribution in [0.5, 0.6) is 0 Å². The molecule has 2 N–H and O–H groups in total. The fourth-order valence-electron chi connectivity index (χ4n) is 1.41. The number of halogens is 3. The zero-order chi connectivity index (χ0) is 12.6. The highest BCUT2D eigenvalue weighted by Gasteiger charge is 2.20. The number of nitrogen functional groups attached to an aromatic ring is 1. The van der Waals surface area contributed by atoms with E-state index in [1.165, 1.54) is 6.07 Å². The molecule has 88 valence electrons. The minimum atomic E-state index is -0.318. The molecule has 0 unspecified atom stereocenters. The normalized spacial score (nSPS) is 10.5. The summed E-state index contributed by atoms with van der Waals surface area (Å²) in [6.45, 7) is 0. The molecule has 0 radical (unpaired) electrons. The molecule has 6 heteroatoms. The summed E-state index contributed by atoms with van der Waals surface area (Å²) in [6.07, 6.45) is 0. The molecule has 0 saturated carbocycles. The zero-order valence-corrected chi connectivity index (χ0v) is 11.4. The van der Waals surface area contributed by atoms with Gasteiger partial charge >= 0.3 is 0 Å². The lowest BCUT2D eigenvalue weighted by Gasteiger charge is -2.05. The predicted octanol–water partition coefficient (Wildman–Crippen LogP) is 4.52. The number of ketones is 1. The van der Waals surface area contributed by atoms with Crippen LogP contribution in [-0.4, -0.2) is 5.78 Å². The van der Waals surface area contributed by atoms with E-state index in [9.17, 15) is 4.79 Å². The number of anilines is 1. The van der Waals surface area contributed by atoms with E-state index in [1.54, 1.807) is 18.2 Å². The highest BCUT2D eigenvalue weighted by molar-refractivity contribution is 7.20. The first-order valence-electron chi connectivity index (χ1n) is 4.54. The van der Waals surface area contributed by atoms with Gasteiger partial charge in [-0.2, -0.15) is 0 Å². The summed E-state index contributed by atoms with van der Waals surface area (Å²) in [5.74, 6) is -0.318. The third-order valence-corrected chi connectivity index (χ3v) is 3.98. The maximum absolute atomic E-state index is 12.2. The van der Waals surface area contributed by atoms with Gasteiger partial charge in [0.2, 0.25) is 0 Å². The lowest BCUT2D eigenvalue weighted by molar-refractivity contribution is 0.104. The second-order valence-electron chi connectivity index (χ2n) is 3.27. The fraction of sp³-hybridized carbons (Fsp3) is 0. The van der Waals surface area contributed by atoms with Crippen molar-refractivity contribution in [1.82, 2.24) is 0 Å². The van der Waals surface area contributed by atoms with E-state index in [4.69, 9.17) is 40.5 Å². The number of nitrogens with two attached hydrogens (primary N) is 1. The average Bonchev–Trinajstić information content (AvgIpc) is 2.57. The van der Waals surface area contributed by atoms with Gasteiger partial charge in [-0.1, -0.05) is 40.9 Å². The van der Waals surface area contributed by atoms with Gasteiger partial charge in [0.15, 0.2) is 5.78 Å². The van der Waals surface area contributed by atoms with E-state index in [2.05, 4.69) is 0 Å². The largest absolute Gasteiger partial charge is 0.398 e. The minimum absolute atomic E-state index is 0.255. The van der Waals surface area contributed by atoms with Gasteiger partial charge in [0.05, 0.1) is 20.5 Å². The molecule has 1 heterocycles. The lowest BCUT2D eigenvalue weighted by atomic mass is 10.0. The molecular formula is C11H6Cl3NOS. The van der Waals surface area contributed by atoms with E-state index in [0.717, 1.165) is 11.3 Å². The van der Waals surface area contributed by atoms with Crippen LogP contribution in [0, 0.1) is 0 Å². The molecule has 0 aliphatic carbocycles. The molecule has 0 atom stereocenters. The van der Waals surface area contributed by atoms with Crippen molar-refractivity contribution >= 4 is 57.6 Å². The average molecular weight is 307 g/mol. The van der Waals surface area contributed by atoms with Crippen molar-refractivity contribution in [3.63, 3.8) is 0 Å². The Balaban J connectivity index is 2.55. The molecule has 0 fully saturated rings. The summed E-state index contributed by atoms with van der Waals surface area (Å²) in [4.78, 5) is 12.2. The van der Waals surface area contributed by atoms with Crippen LogP contribution in [-0.2, 0) is 0 Å². The summed E-state index contributed by atoms with van der Waals surface area (Å²) in [5, 5.41) is 0.299. The molecule has 0 spiro atoms. The topological polar surface area (TPSA) is 43.1 Å². The number of carbonyl (C=O) groups excluding carboxylic acids is 1. The molecule has 2 rings (SSSR count). The lowest BCUT2D eigenvalue weighted by Crippen LogP contribution is -2.05. The van der Waals surface area contributed by atoms with Crippen LogP contribution in [0.4, 0.5) is 5.69 Å². The van der Waals surface area contributed by atoms with Gasteiger partial charge < -0.3 is 5.73 Å². The zero-order valence-electron chi connectivity index (χ0n) is 8.34.